The summed E-state index contributed by atoms with van der Waals surface area (Å²) in [6.45, 7) is 10.1. The standard InChI is InChI=1S/C18H34O/c1-17(2)14-12-10-8-6-5-7-9-11-13-15-18(3,4)16-19/h16H,1,5-15H2,2-4H3. The normalized spacial score (nSPS) is 11.5. The third-order valence-corrected chi connectivity index (χ3v) is 3.74. The molecule has 0 spiro atoms. The fraction of sp³-hybridized carbons (Fsp3) is 0.833. The SMILES string of the molecule is C=C(C)CCCCCCCCCCCC(C)(C)C=O. The molecule has 1 heteroatoms. The van der Waals surface area contributed by atoms with Gasteiger partial charge in [0.05, 0.1) is 0 Å². The van der Waals surface area contributed by atoms with Gasteiger partial charge in [0.1, 0.15) is 6.29 Å². The van der Waals surface area contributed by atoms with E-state index in [1.165, 1.54) is 69.8 Å². The van der Waals surface area contributed by atoms with Crippen LogP contribution in [-0.4, -0.2) is 6.29 Å². The van der Waals surface area contributed by atoms with Crippen LogP contribution in [0.3, 0.4) is 0 Å². The Labute approximate surface area is 120 Å². The smallest absolute Gasteiger partial charge is 0.125 e. The first-order chi connectivity index (χ1) is 8.98. The highest BCUT2D eigenvalue weighted by Crippen LogP contribution is 2.21. The molecule has 0 unspecified atom stereocenters. The minimum Gasteiger partial charge on any atom is -0.303 e. The third-order valence-electron chi connectivity index (χ3n) is 3.74. The predicted octanol–water partition coefficient (Wildman–Crippen LogP) is 6.08. The van der Waals surface area contributed by atoms with Crippen LogP contribution in [0.1, 0.15) is 91.4 Å². The molecule has 0 fully saturated rings. The van der Waals surface area contributed by atoms with E-state index in [0.29, 0.717) is 0 Å². The van der Waals surface area contributed by atoms with Gasteiger partial charge in [-0.15, -0.1) is 6.58 Å². The lowest BCUT2D eigenvalue weighted by molar-refractivity contribution is -0.115. The summed E-state index contributed by atoms with van der Waals surface area (Å²) >= 11 is 0. The zero-order valence-corrected chi connectivity index (χ0v) is 13.5. The topological polar surface area (TPSA) is 17.1 Å². The van der Waals surface area contributed by atoms with Crippen molar-refractivity contribution in [2.45, 2.75) is 91.4 Å². The number of allylic oxidation sites excluding steroid dienone is 1. The lowest BCUT2D eigenvalue weighted by atomic mass is 9.88. The largest absolute Gasteiger partial charge is 0.303 e. The maximum absolute atomic E-state index is 10.8. The first kappa shape index (κ1) is 18.4. The van der Waals surface area contributed by atoms with E-state index in [4.69, 9.17) is 0 Å². The second-order valence-corrected chi connectivity index (χ2v) is 6.75. The van der Waals surface area contributed by atoms with E-state index in [0.717, 1.165) is 12.7 Å². The monoisotopic (exact) mass is 266 g/mol. The first-order valence-corrected chi connectivity index (χ1v) is 8.09. The number of rotatable bonds is 13. The molecule has 0 atom stereocenters. The van der Waals surface area contributed by atoms with E-state index in [9.17, 15) is 4.79 Å². The van der Waals surface area contributed by atoms with Crippen molar-refractivity contribution in [2.75, 3.05) is 0 Å². The molecular formula is C18H34O. The molecule has 0 saturated carbocycles. The van der Waals surface area contributed by atoms with Crippen LogP contribution in [0.5, 0.6) is 0 Å². The minimum absolute atomic E-state index is 0.108. The van der Waals surface area contributed by atoms with Gasteiger partial charge in [-0.2, -0.15) is 0 Å². The van der Waals surface area contributed by atoms with Crippen molar-refractivity contribution >= 4 is 6.29 Å². The molecule has 0 aromatic heterocycles. The molecular weight excluding hydrogens is 232 g/mol. The van der Waals surface area contributed by atoms with Crippen molar-refractivity contribution in [2.24, 2.45) is 5.41 Å². The fourth-order valence-corrected chi connectivity index (χ4v) is 2.30. The molecule has 0 rings (SSSR count). The summed E-state index contributed by atoms with van der Waals surface area (Å²) in [5.74, 6) is 0. The summed E-state index contributed by atoms with van der Waals surface area (Å²) in [4.78, 5) is 10.8. The molecule has 0 N–H and O–H groups in total. The van der Waals surface area contributed by atoms with Gasteiger partial charge in [-0.1, -0.05) is 70.8 Å². The molecule has 0 aliphatic rings. The molecule has 0 amide bonds. The zero-order valence-electron chi connectivity index (χ0n) is 13.5. The van der Waals surface area contributed by atoms with Gasteiger partial charge in [-0.05, 0) is 26.2 Å². The molecule has 112 valence electrons. The van der Waals surface area contributed by atoms with Crippen LogP contribution in [-0.2, 0) is 4.79 Å². The van der Waals surface area contributed by atoms with Crippen LogP contribution in [0.25, 0.3) is 0 Å². The number of unbranched alkanes of at least 4 members (excludes halogenated alkanes) is 8. The van der Waals surface area contributed by atoms with Crippen molar-refractivity contribution in [1.82, 2.24) is 0 Å². The Morgan fingerprint density at radius 2 is 1.32 bits per heavy atom. The van der Waals surface area contributed by atoms with E-state index < -0.39 is 0 Å². The summed E-state index contributed by atoms with van der Waals surface area (Å²) in [5.41, 5.74) is 1.21. The molecule has 0 radical (unpaired) electrons. The van der Waals surface area contributed by atoms with Gasteiger partial charge in [-0.3, -0.25) is 0 Å². The summed E-state index contributed by atoms with van der Waals surface area (Å²) in [6, 6.07) is 0. The molecule has 19 heavy (non-hydrogen) atoms. The quantitative estimate of drug-likeness (QED) is 0.224. The minimum atomic E-state index is -0.108. The maximum atomic E-state index is 10.8. The van der Waals surface area contributed by atoms with Gasteiger partial charge in [0, 0.05) is 5.41 Å². The molecule has 0 saturated heterocycles. The van der Waals surface area contributed by atoms with Crippen molar-refractivity contribution in [3.8, 4) is 0 Å². The van der Waals surface area contributed by atoms with Gasteiger partial charge in [0.15, 0.2) is 0 Å². The maximum Gasteiger partial charge on any atom is 0.125 e. The average Bonchev–Trinajstić information content (AvgIpc) is 2.35. The van der Waals surface area contributed by atoms with E-state index in [-0.39, 0.29) is 5.41 Å². The Morgan fingerprint density at radius 1 is 0.895 bits per heavy atom. The lowest BCUT2D eigenvalue weighted by Gasteiger charge is -2.15. The van der Waals surface area contributed by atoms with Gasteiger partial charge in [-0.25, -0.2) is 0 Å². The van der Waals surface area contributed by atoms with Crippen LogP contribution in [0.2, 0.25) is 0 Å². The fourth-order valence-electron chi connectivity index (χ4n) is 2.30. The Bertz CT molecular complexity index is 240. The summed E-state index contributed by atoms with van der Waals surface area (Å²) in [7, 11) is 0. The van der Waals surface area contributed by atoms with Gasteiger partial charge >= 0.3 is 0 Å². The molecule has 0 heterocycles. The molecule has 0 aliphatic carbocycles. The highest BCUT2D eigenvalue weighted by molar-refractivity contribution is 5.57. The van der Waals surface area contributed by atoms with Crippen LogP contribution < -0.4 is 0 Å². The van der Waals surface area contributed by atoms with Crippen molar-refractivity contribution < 1.29 is 4.79 Å². The molecule has 0 aliphatic heterocycles. The second-order valence-electron chi connectivity index (χ2n) is 6.75. The van der Waals surface area contributed by atoms with Crippen LogP contribution in [0, 0.1) is 5.41 Å². The lowest BCUT2D eigenvalue weighted by Crippen LogP contribution is -2.12. The van der Waals surface area contributed by atoms with E-state index in [2.05, 4.69) is 13.5 Å². The predicted molar refractivity (Wildman–Crippen MR) is 85.4 cm³/mol. The van der Waals surface area contributed by atoms with Crippen LogP contribution in [0.4, 0.5) is 0 Å². The van der Waals surface area contributed by atoms with E-state index in [1.807, 2.05) is 13.8 Å². The molecule has 0 aromatic carbocycles. The Hall–Kier alpha value is -0.590. The van der Waals surface area contributed by atoms with Crippen molar-refractivity contribution in [3.05, 3.63) is 12.2 Å². The Morgan fingerprint density at radius 3 is 1.74 bits per heavy atom. The second kappa shape index (κ2) is 11.3. The van der Waals surface area contributed by atoms with E-state index >= 15 is 0 Å². The summed E-state index contributed by atoms with van der Waals surface area (Å²) in [5, 5.41) is 0. The number of hydrogen-bond donors (Lipinski definition) is 0. The molecule has 1 nitrogen and oxygen atoms in total. The number of carbonyl (C=O) groups is 1. The van der Waals surface area contributed by atoms with E-state index in [1.54, 1.807) is 0 Å². The number of carbonyl (C=O) groups excluding carboxylic acids is 1. The Balaban J connectivity index is 3.15. The number of aldehydes is 1. The summed E-state index contributed by atoms with van der Waals surface area (Å²) < 4.78 is 0. The van der Waals surface area contributed by atoms with Crippen LogP contribution in [0.15, 0.2) is 12.2 Å². The molecule has 0 aromatic rings. The third kappa shape index (κ3) is 13.6. The Kier molecular flexibility index (Phi) is 10.9. The summed E-state index contributed by atoms with van der Waals surface area (Å²) in [6.07, 6.45) is 15.3. The van der Waals surface area contributed by atoms with Crippen molar-refractivity contribution in [1.29, 1.82) is 0 Å². The highest BCUT2D eigenvalue weighted by Gasteiger charge is 2.14. The zero-order chi connectivity index (χ0) is 14.6. The van der Waals surface area contributed by atoms with Gasteiger partial charge < -0.3 is 4.79 Å². The average molecular weight is 266 g/mol. The first-order valence-electron chi connectivity index (χ1n) is 8.09. The van der Waals surface area contributed by atoms with Crippen molar-refractivity contribution in [3.63, 3.8) is 0 Å². The highest BCUT2D eigenvalue weighted by atomic mass is 16.1. The molecule has 0 bridgehead atoms. The van der Waals surface area contributed by atoms with Gasteiger partial charge in [0.25, 0.3) is 0 Å². The van der Waals surface area contributed by atoms with Gasteiger partial charge in [0.2, 0.25) is 0 Å². The van der Waals surface area contributed by atoms with Crippen LogP contribution >= 0.6 is 0 Å². The number of hydrogen-bond acceptors (Lipinski definition) is 1.